The van der Waals surface area contributed by atoms with Crippen molar-refractivity contribution >= 4 is 11.9 Å². The van der Waals surface area contributed by atoms with E-state index >= 15 is 0 Å². The van der Waals surface area contributed by atoms with Crippen molar-refractivity contribution in [3.63, 3.8) is 0 Å². The summed E-state index contributed by atoms with van der Waals surface area (Å²) >= 11 is 0. The first-order valence-corrected chi connectivity index (χ1v) is 4.74. The Labute approximate surface area is 83.1 Å². The summed E-state index contributed by atoms with van der Waals surface area (Å²) in [5.74, 6) is 0.451. The summed E-state index contributed by atoms with van der Waals surface area (Å²) in [6, 6.07) is 0. The Morgan fingerprint density at radius 2 is 2.57 bits per heavy atom. The van der Waals surface area contributed by atoms with Crippen molar-refractivity contribution in [2.24, 2.45) is 11.7 Å². The lowest BCUT2D eigenvalue weighted by molar-refractivity contribution is -0.119. The fourth-order valence-electron chi connectivity index (χ4n) is 1.13. The average Bonchev–Trinajstić information content (AvgIpc) is 2.66. The fraction of sp³-hybridized carbons (Fsp3) is 0.556. The first-order valence-electron chi connectivity index (χ1n) is 4.74. The minimum atomic E-state index is -0.0244. The minimum Gasteiger partial charge on any atom is -0.331 e. The lowest BCUT2D eigenvalue weighted by Crippen LogP contribution is -2.21. The number of anilines is 1. The van der Waals surface area contributed by atoms with E-state index in [1.807, 2.05) is 6.92 Å². The summed E-state index contributed by atoms with van der Waals surface area (Å²) in [6.45, 7) is 2.51. The van der Waals surface area contributed by atoms with Crippen LogP contribution in [0.4, 0.5) is 5.95 Å². The molecule has 1 aromatic heterocycles. The fourth-order valence-corrected chi connectivity index (χ4v) is 1.13. The number of aromatic amines is 1. The monoisotopic (exact) mass is 196 g/mol. The third kappa shape index (κ3) is 3.18. The van der Waals surface area contributed by atoms with Gasteiger partial charge in [-0.05, 0) is 19.4 Å². The van der Waals surface area contributed by atoms with Gasteiger partial charge in [-0.3, -0.25) is 10.1 Å². The highest BCUT2D eigenvalue weighted by Gasteiger charge is 2.12. The van der Waals surface area contributed by atoms with E-state index in [0.717, 1.165) is 12.8 Å². The third-order valence-corrected chi connectivity index (χ3v) is 2.03. The Kier molecular flexibility index (Phi) is 4.12. The summed E-state index contributed by atoms with van der Waals surface area (Å²) in [7, 11) is 0. The Hall–Kier alpha value is -1.36. The molecule has 0 radical (unpaired) electrons. The van der Waals surface area contributed by atoms with E-state index in [9.17, 15) is 4.79 Å². The van der Waals surface area contributed by atoms with Crippen LogP contribution in [0, 0.1) is 5.92 Å². The van der Waals surface area contributed by atoms with Crippen molar-refractivity contribution in [1.82, 2.24) is 9.97 Å². The van der Waals surface area contributed by atoms with E-state index in [4.69, 9.17) is 5.73 Å². The quantitative estimate of drug-likeness (QED) is 0.649. The van der Waals surface area contributed by atoms with Crippen LogP contribution in [0.25, 0.3) is 0 Å². The molecule has 0 aliphatic heterocycles. The lowest BCUT2D eigenvalue weighted by atomic mass is 10.1. The zero-order valence-corrected chi connectivity index (χ0v) is 8.29. The summed E-state index contributed by atoms with van der Waals surface area (Å²) in [5.41, 5.74) is 5.36. The van der Waals surface area contributed by atoms with Crippen LogP contribution < -0.4 is 11.1 Å². The van der Waals surface area contributed by atoms with Crippen molar-refractivity contribution in [2.45, 2.75) is 19.8 Å². The van der Waals surface area contributed by atoms with E-state index in [2.05, 4.69) is 15.3 Å². The largest absolute Gasteiger partial charge is 0.331 e. The smallest absolute Gasteiger partial charge is 0.229 e. The maximum atomic E-state index is 11.5. The number of aromatic nitrogens is 2. The first-order chi connectivity index (χ1) is 6.74. The number of amides is 1. The maximum absolute atomic E-state index is 11.5. The topological polar surface area (TPSA) is 83.8 Å². The number of H-pyrrole nitrogens is 1. The van der Waals surface area contributed by atoms with Crippen LogP contribution in [0.3, 0.4) is 0 Å². The molecule has 5 nitrogen and oxygen atoms in total. The highest BCUT2D eigenvalue weighted by Crippen LogP contribution is 2.07. The normalized spacial score (nSPS) is 12.4. The van der Waals surface area contributed by atoms with Crippen molar-refractivity contribution in [3.05, 3.63) is 12.4 Å². The second kappa shape index (κ2) is 5.39. The zero-order valence-electron chi connectivity index (χ0n) is 8.29. The first kappa shape index (κ1) is 10.7. The number of nitrogens with two attached hydrogens (primary N) is 1. The van der Waals surface area contributed by atoms with Gasteiger partial charge in [-0.25, -0.2) is 4.98 Å². The number of carbonyl (C=O) groups excluding carboxylic acids is 1. The van der Waals surface area contributed by atoms with Gasteiger partial charge in [-0.15, -0.1) is 0 Å². The molecule has 1 atom stereocenters. The van der Waals surface area contributed by atoms with Crippen molar-refractivity contribution < 1.29 is 4.79 Å². The van der Waals surface area contributed by atoms with Gasteiger partial charge in [-0.2, -0.15) is 0 Å². The van der Waals surface area contributed by atoms with Crippen LogP contribution in [0.5, 0.6) is 0 Å². The predicted octanol–water partition coefficient (Wildman–Crippen LogP) is 0.723. The number of nitrogens with one attached hydrogen (secondary N) is 2. The zero-order chi connectivity index (χ0) is 10.4. The van der Waals surface area contributed by atoms with Crippen LogP contribution in [0.2, 0.25) is 0 Å². The number of hydrogen-bond acceptors (Lipinski definition) is 3. The van der Waals surface area contributed by atoms with Crippen molar-refractivity contribution in [2.75, 3.05) is 11.9 Å². The van der Waals surface area contributed by atoms with Crippen LogP contribution >= 0.6 is 0 Å². The second-order valence-electron chi connectivity index (χ2n) is 3.26. The minimum absolute atomic E-state index is 0.0200. The number of carbonyl (C=O) groups is 1. The van der Waals surface area contributed by atoms with E-state index in [0.29, 0.717) is 12.5 Å². The molecule has 0 bridgehead atoms. The van der Waals surface area contributed by atoms with Gasteiger partial charge in [0.1, 0.15) is 0 Å². The molecule has 0 aliphatic rings. The molecule has 0 aromatic carbocycles. The van der Waals surface area contributed by atoms with Gasteiger partial charge in [-0.1, -0.05) is 6.92 Å². The molecule has 1 aromatic rings. The maximum Gasteiger partial charge on any atom is 0.229 e. The second-order valence-corrected chi connectivity index (χ2v) is 3.26. The Bertz CT molecular complexity index is 270. The Balaban J connectivity index is 2.34. The van der Waals surface area contributed by atoms with Gasteiger partial charge in [0.2, 0.25) is 11.9 Å². The molecule has 14 heavy (non-hydrogen) atoms. The van der Waals surface area contributed by atoms with Crippen LogP contribution in [-0.2, 0) is 4.79 Å². The molecule has 0 saturated carbocycles. The number of imidazole rings is 1. The van der Waals surface area contributed by atoms with Crippen LogP contribution in [0.1, 0.15) is 19.8 Å². The van der Waals surface area contributed by atoms with Gasteiger partial charge in [0.05, 0.1) is 0 Å². The SMILES string of the molecule is CC(CCCN)C(=O)Nc1ncc[nH]1. The molecule has 0 saturated heterocycles. The van der Waals surface area contributed by atoms with Crippen LogP contribution in [0.15, 0.2) is 12.4 Å². The molecular weight excluding hydrogens is 180 g/mol. The predicted molar refractivity (Wildman–Crippen MR) is 54.7 cm³/mol. The molecular formula is C9H16N4O. The summed E-state index contributed by atoms with van der Waals surface area (Å²) in [4.78, 5) is 18.2. The summed E-state index contributed by atoms with van der Waals surface area (Å²) in [6.07, 6.45) is 4.94. The van der Waals surface area contributed by atoms with Gasteiger partial charge < -0.3 is 10.7 Å². The average molecular weight is 196 g/mol. The van der Waals surface area contributed by atoms with Crippen molar-refractivity contribution in [3.8, 4) is 0 Å². The lowest BCUT2D eigenvalue weighted by Gasteiger charge is -2.09. The standard InChI is InChI=1S/C9H16N4O/c1-7(3-2-4-10)8(14)13-9-11-5-6-12-9/h5-7H,2-4,10H2,1H3,(H2,11,12,13,14). The molecule has 1 amide bonds. The number of hydrogen-bond donors (Lipinski definition) is 3. The van der Waals surface area contributed by atoms with Gasteiger partial charge in [0, 0.05) is 18.3 Å². The van der Waals surface area contributed by atoms with E-state index in [1.54, 1.807) is 12.4 Å². The summed E-state index contributed by atoms with van der Waals surface area (Å²) < 4.78 is 0. The molecule has 5 heteroatoms. The highest BCUT2D eigenvalue weighted by molar-refractivity contribution is 5.90. The van der Waals surface area contributed by atoms with Crippen LogP contribution in [-0.4, -0.2) is 22.4 Å². The molecule has 1 heterocycles. The highest BCUT2D eigenvalue weighted by atomic mass is 16.2. The molecule has 4 N–H and O–H groups in total. The van der Waals surface area contributed by atoms with Gasteiger partial charge in [0.15, 0.2) is 0 Å². The molecule has 0 fully saturated rings. The third-order valence-electron chi connectivity index (χ3n) is 2.03. The molecule has 78 valence electrons. The molecule has 1 rings (SSSR count). The summed E-state index contributed by atoms with van der Waals surface area (Å²) in [5, 5.41) is 2.68. The Morgan fingerprint density at radius 3 is 3.14 bits per heavy atom. The number of nitrogens with zero attached hydrogens (tertiary/aromatic N) is 1. The van der Waals surface area contributed by atoms with Gasteiger partial charge in [0.25, 0.3) is 0 Å². The number of rotatable bonds is 5. The van der Waals surface area contributed by atoms with Gasteiger partial charge >= 0.3 is 0 Å². The van der Waals surface area contributed by atoms with Crippen molar-refractivity contribution in [1.29, 1.82) is 0 Å². The molecule has 1 unspecified atom stereocenters. The van der Waals surface area contributed by atoms with E-state index in [1.165, 1.54) is 0 Å². The van der Waals surface area contributed by atoms with E-state index < -0.39 is 0 Å². The molecule has 0 spiro atoms. The molecule has 0 aliphatic carbocycles. The Morgan fingerprint density at radius 1 is 1.79 bits per heavy atom. The van der Waals surface area contributed by atoms with E-state index in [-0.39, 0.29) is 11.8 Å².